The number of benzene rings is 1. The number of quaternary nitrogens is 1. The number of hydrogen-bond donors (Lipinski definition) is 3. The van der Waals surface area contributed by atoms with Gasteiger partial charge in [0.2, 0.25) is 0 Å². The lowest BCUT2D eigenvalue weighted by Gasteiger charge is -2.40. The molecule has 110 valence electrons. The predicted octanol–water partition coefficient (Wildman–Crippen LogP) is 0.305. The average molecular weight is 279 g/mol. The van der Waals surface area contributed by atoms with Gasteiger partial charge < -0.3 is 20.6 Å². The molecule has 0 saturated carbocycles. The van der Waals surface area contributed by atoms with E-state index in [-0.39, 0.29) is 11.7 Å². The smallest absolute Gasteiger partial charge is 0.279 e. The van der Waals surface area contributed by atoms with Crippen LogP contribution in [0, 0.1) is 0 Å². The number of nitrogens with one attached hydrogen (secondary N) is 1. The molecule has 2 rings (SSSR count). The number of nitrogens with zero attached hydrogens (tertiary/aromatic N) is 2. The van der Waals surface area contributed by atoms with E-state index in [2.05, 4.69) is 24.3 Å². The van der Waals surface area contributed by atoms with E-state index in [1.54, 1.807) is 12.1 Å². The van der Waals surface area contributed by atoms with E-state index in [1.165, 1.54) is 6.07 Å². The predicted molar refractivity (Wildman–Crippen MR) is 79.4 cm³/mol. The number of rotatable bonds is 3. The second-order valence-corrected chi connectivity index (χ2v) is 5.82. The zero-order chi connectivity index (χ0) is 14.8. The highest BCUT2D eigenvalue weighted by atomic mass is 16.3. The average Bonchev–Trinajstić information content (AvgIpc) is 2.38. The number of phenolic OH excluding ortho intramolecular Hbond substituents is 1. The number of nitrogens with two attached hydrogens (primary N) is 1. The zero-order valence-electron chi connectivity index (χ0n) is 12.1. The molecule has 0 atom stereocenters. The van der Waals surface area contributed by atoms with Gasteiger partial charge in [-0.2, -0.15) is 0 Å². The largest absolute Gasteiger partial charge is 0.506 e. The van der Waals surface area contributed by atoms with Crippen LogP contribution in [0.2, 0.25) is 0 Å². The second-order valence-electron chi connectivity index (χ2n) is 5.82. The molecular weight excluding hydrogens is 256 g/mol. The topological polar surface area (TPSA) is 78.6 Å². The van der Waals surface area contributed by atoms with Crippen molar-refractivity contribution in [1.82, 2.24) is 4.90 Å². The fourth-order valence-corrected chi connectivity index (χ4v) is 2.43. The van der Waals surface area contributed by atoms with Gasteiger partial charge in [-0.1, -0.05) is 6.07 Å². The summed E-state index contributed by atoms with van der Waals surface area (Å²) in [6.07, 6.45) is 0. The summed E-state index contributed by atoms with van der Waals surface area (Å²) in [5.74, 6) is -0.121. The van der Waals surface area contributed by atoms with E-state index in [9.17, 15) is 9.90 Å². The van der Waals surface area contributed by atoms with Crippen molar-refractivity contribution in [1.29, 1.82) is 0 Å². The first-order valence-corrected chi connectivity index (χ1v) is 6.79. The number of likely N-dealkylation sites (N-methyl/N-ethyl adjacent to an activating group) is 2. The minimum Gasteiger partial charge on any atom is -0.506 e. The Bertz CT molecular complexity index is 476. The van der Waals surface area contributed by atoms with Gasteiger partial charge in [0.05, 0.1) is 25.8 Å². The van der Waals surface area contributed by atoms with Crippen LogP contribution >= 0.6 is 0 Å². The standard InChI is InChI=1S/C14H22N4O2/c1-17-6-8-18(2,9-7-17)10-13(20)16-14-11(15)4-3-5-12(14)19/h3-5H,6-10,15H2,1-2H3,(H-,16,19,20)/p+1. The fourth-order valence-electron chi connectivity index (χ4n) is 2.43. The van der Waals surface area contributed by atoms with Gasteiger partial charge in [-0.25, -0.2) is 0 Å². The van der Waals surface area contributed by atoms with Crippen molar-refractivity contribution in [3.63, 3.8) is 0 Å². The van der Waals surface area contributed by atoms with Crippen molar-refractivity contribution >= 4 is 17.3 Å². The van der Waals surface area contributed by atoms with Gasteiger partial charge in [0.15, 0.2) is 6.54 Å². The Morgan fingerprint density at radius 2 is 2.10 bits per heavy atom. The maximum absolute atomic E-state index is 12.2. The van der Waals surface area contributed by atoms with Crippen molar-refractivity contribution < 1.29 is 14.4 Å². The monoisotopic (exact) mass is 279 g/mol. The molecule has 1 aromatic carbocycles. The Balaban J connectivity index is 1.99. The highest BCUT2D eigenvalue weighted by Crippen LogP contribution is 2.29. The number of hydrogen-bond acceptors (Lipinski definition) is 4. The van der Waals surface area contributed by atoms with Gasteiger partial charge in [0.1, 0.15) is 11.4 Å². The third-order valence-corrected chi connectivity index (χ3v) is 3.91. The van der Waals surface area contributed by atoms with Crippen LogP contribution in [0.1, 0.15) is 0 Å². The van der Waals surface area contributed by atoms with Crippen LogP contribution in [0.25, 0.3) is 0 Å². The molecule has 0 aliphatic carbocycles. The first kappa shape index (κ1) is 14.6. The van der Waals surface area contributed by atoms with Crippen LogP contribution in [-0.4, -0.2) is 67.2 Å². The van der Waals surface area contributed by atoms with Crippen LogP contribution in [0.15, 0.2) is 18.2 Å². The van der Waals surface area contributed by atoms with Crippen LogP contribution < -0.4 is 11.1 Å². The Labute approximate surface area is 119 Å². The molecule has 0 unspecified atom stereocenters. The molecule has 0 bridgehead atoms. The minimum atomic E-state index is -0.120. The van der Waals surface area contributed by atoms with E-state index in [1.807, 2.05) is 0 Å². The van der Waals surface area contributed by atoms with E-state index in [0.717, 1.165) is 26.2 Å². The molecule has 1 aromatic rings. The summed E-state index contributed by atoms with van der Waals surface area (Å²) >= 11 is 0. The number of nitrogen functional groups attached to an aromatic ring is 1. The van der Waals surface area contributed by atoms with Gasteiger partial charge in [0, 0.05) is 13.1 Å². The lowest BCUT2D eigenvalue weighted by atomic mass is 10.2. The quantitative estimate of drug-likeness (QED) is 0.422. The molecule has 1 fully saturated rings. The molecule has 20 heavy (non-hydrogen) atoms. The van der Waals surface area contributed by atoms with Gasteiger partial charge in [0.25, 0.3) is 5.91 Å². The maximum atomic E-state index is 12.2. The van der Waals surface area contributed by atoms with Crippen molar-refractivity contribution in [3.8, 4) is 5.75 Å². The fraction of sp³-hybridized carbons (Fsp3) is 0.500. The summed E-state index contributed by atoms with van der Waals surface area (Å²) in [6, 6.07) is 4.81. The minimum absolute atomic E-state index is 0.000574. The van der Waals surface area contributed by atoms with Crippen LogP contribution in [0.3, 0.4) is 0 Å². The molecule has 1 heterocycles. The Morgan fingerprint density at radius 3 is 2.70 bits per heavy atom. The second kappa shape index (κ2) is 5.68. The summed E-state index contributed by atoms with van der Waals surface area (Å²) in [5.41, 5.74) is 6.45. The lowest BCUT2D eigenvalue weighted by Crippen LogP contribution is -2.58. The summed E-state index contributed by atoms with van der Waals surface area (Å²) < 4.78 is 0.712. The summed E-state index contributed by atoms with van der Waals surface area (Å²) in [7, 11) is 4.17. The molecule has 6 heteroatoms. The number of carbonyl (C=O) groups excluding carboxylic acids is 1. The van der Waals surface area contributed by atoms with Crippen LogP contribution in [0.4, 0.5) is 11.4 Å². The van der Waals surface area contributed by atoms with Crippen molar-refractivity contribution in [2.24, 2.45) is 0 Å². The summed E-state index contributed by atoms with van der Waals surface area (Å²) in [5, 5.41) is 12.5. The molecule has 6 nitrogen and oxygen atoms in total. The Morgan fingerprint density at radius 1 is 1.45 bits per heavy atom. The first-order chi connectivity index (χ1) is 9.39. The normalized spacial score (nSPS) is 18.7. The van der Waals surface area contributed by atoms with Crippen molar-refractivity contribution in [3.05, 3.63) is 18.2 Å². The molecule has 0 spiro atoms. The number of phenols is 1. The number of aromatic hydroxyl groups is 1. The summed E-state index contributed by atoms with van der Waals surface area (Å²) in [6.45, 7) is 4.26. The van der Waals surface area contributed by atoms with E-state index in [0.29, 0.717) is 22.4 Å². The van der Waals surface area contributed by atoms with Gasteiger partial charge >= 0.3 is 0 Å². The number of piperazine rings is 1. The number of anilines is 2. The SMILES string of the molecule is CN1CC[N+](C)(CC(=O)Nc2c(N)cccc2O)CC1. The molecule has 4 N–H and O–H groups in total. The Hall–Kier alpha value is -1.79. The molecule has 0 radical (unpaired) electrons. The molecule has 0 aromatic heterocycles. The maximum Gasteiger partial charge on any atom is 0.279 e. The van der Waals surface area contributed by atoms with Crippen LogP contribution in [0.5, 0.6) is 5.75 Å². The number of para-hydroxylation sites is 1. The van der Waals surface area contributed by atoms with E-state index >= 15 is 0 Å². The first-order valence-electron chi connectivity index (χ1n) is 6.79. The zero-order valence-corrected chi connectivity index (χ0v) is 12.1. The molecule has 1 aliphatic rings. The molecular formula is C14H23N4O2+. The van der Waals surface area contributed by atoms with E-state index in [4.69, 9.17) is 5.73 Å². The lowest BCUT2D eigenvalue weighted by molar-refractivity contribution is -0.905. The third kappa shape index (κ3) is 3.40. The van der Waals surface area contributed by atoms with Crippen molar-refractivity contribution in [2.75, 3.05) is 57.9 Å². The Kier molecular flexibility index (Phi) is 4.15. The number of amides is 1. The van der Waals surface area contributed by atoms with E-state index < -0.39 is 0 Å². The summed E-state index contributed by atoms with van der Waals surface area (Å²) in [4.78, 5) is 14.4. The highest BCUT2D eigenvalue weighted by Gasteiger charge is 2.30. The van der Waals surface area contributed by atoms with Gasteiger partial charge in [-0.05, 0) is 19.2 Å². The molecule has 1 amide bonds. The van der Waals surface area contributed by atoms with Crippen LogP contribution in [-0.2, 0) is 4.79 Å². The number of carbonyl (C=O) groups is 1. The van der Waals surface area contributed by atoms with Gasteiger partial charge in [-0.15, -0.1) is 0 Å². The third-order valence-electron chi connectivity index (χ3n) is 3.91. The molecule has 1 aliphatic heterocycles. The van der Waals surface area contributed by atoms with Gasteiger partial charge in [-0.3, -0.25) is 9.69 Å². The molecule has 1 saturated heterocycles. The highest BCUT2D eigenvalue weighted by molar-refractivity contribution is 5.96. The van der Waals surface area contributed by atoms with Crippen molar-refractivity contribution in [2.45, 2.75) is 0 Å².